The van der Waals surface area contributed by atoms with Crippen LogP contribution in [0.15, 0.2) is 79.0 Å². The lowest BCUT2D eigenvalue weighted by Crippen LogP contribution is -2.12. The molecule has 0 fully saturated rings. The molecule has 0 spiro atoms. The Morgan fingerprint density at radius 1 is 0.781 bits per heavy atom. The lowest BCUT2D eigenvalue weighted by Gasteiger charge is -2.09. The molecular weight excluding hydrogens is 428 g/mol. The molecule has 0 unspecified atom stereocenters. The van der Waals surface area contributed by atoms with Crippen molar-refractivity contribution in [3.8, 4) is 11.5 Å². The van der Waals surface area contributed by atoms with Gasteiger partial charge >= 0.3 is 0 Å². The first kappa shape index (κ1) is 22.8. The number of halogens is 1. The maximum atomic E-state index is 12.9. The maximum Gasteiger partial charge on any atom is 0.255 e. The number of amides is 1. The topological polar surface area (TPSA) is 77.5 Å². The van der Waals surface area contributed by atoms with E-state index in [0.717, 1.165) is 10.9 Å². The van der Waals surface area contributed by atoms with Crippen molar-refractivity contribution in [1.82, 2.24) is 4.98 Å². The van der Waals surface area contributed by atoms with Gasteiger partial charge in [-0.2, -0.15) is 0 Å². The van der Waals surface area contributed by atoms with Crippen molar-refractivity contribution in [2.45, 2.75) is 0 Å². The van der Waals surface area contributed by atoms with Crippen LogP contribution >= 0.6 is 12.4 Å². The van der Waals surface area contributed by atoms with Gasteiger partial charge in [0, 0.05) is 40.0 Å². The van der Waals surface area contributed by atoms with E-state index in [1.807, 2.05) is 24.3 Å². The Bertz CT molecular complexity index is 1250. The van der Waals surface area contributed by atoms with Crippen LogP contribution in [-0.2, 0) is 0 Å². The lowest BCUT2D eigenvalue weighted by molar-refractivity contribution is 0.102. The first-order chi connectivity index (χ1) is 15.1. The molecule has 0 atom stereocenters. The van der Waals surface area contributed by atoms with Gasteiger partial charge in [-0.25, -0.2) is 0 Å². The summed E-state index contributed by atoms with van der Waals surface area (Å²) in [6.45, 7) is 0. The van der Waals surface area contributed by atoms with Crippen molar-refractivity contribution in [1.29, 1.82) is 0 Å². The van der Waals surface area contributed by atoms with Gasteiger partial charge in [0.1, 0.15) is 11.5 Å². The van der Waals surface area contributed by atoms with Crippen molar-refractivity contribution in [2.24, 2.45) is 0 Å². The molecule has 7 heteroatoms. The second-order valence-corrected chi connectivity index (χ2v) is 6.87. The standard InChI is InChI=1S/C25H20N2O4.ClH/c1-30-21-13-19(14-22(15-21)31-2)24(28)16-5-7-17(8-6-16)25(29)27-20-9-10-23-18(12-20)4-3-11-26-23;/h3-15H,1-2H3,(H,27,29);1H. The average molecular weight is 449 g/mol. The van der Waals surface area contributed by atoms with E-state index in [-0.39, 0.29) is 24.1 Å². The minimum Gasteiger partial charge on any atom is -0.497 e. The molecule has 0 bridgehead atoms. The fourth-order valence-electron chi connectivity index (χ4n) is 3.23. The molecule has 3 aromatic carbocycles. The minimum absolute atomic E-state index is 0. The predicted molar refractivity (Wildman–Crippen MR) is 126 cm³/mol. The monoisotopic (exact) mass is 448 g/mol. The second kappa shape index (κ2) is 9.94. The van der Waals surface area contributed by atoms with Gasteiger partial charge in [0.2, 0.25) is 0 Å². The first-order valence-corrected chi connectivity index (χ1v) is 9.61. The molecule has 32 heavy (non-hydrogen) atoms. The third-order valence-corrected chi connectivity index (χ3v) is 4.88. The zero-order valence-electron chi connectivity index (χ0n) is 17.5. The van der Waals surface area contributed by atoms with Crippen molar-refractivity contribution >= 4 is 40.7 Å². The highest BCUT2D eigenvalue weighted by Gasteiger charge is 2.14. The molecule has 0 aliphatic carbocycles. The second-order valence-electron chi connectivity index (χ2n) is 6.87. The Hall–Kier alpha value is -3.90. The number of rotatable bonds is 6. The van der Waals surface area contributed by atoms with E-state index >= 15 is 0 Å². The van der Waals surface area contributed by atoms with E-state index in [0.29, 0.717) is 33.9 Å². The summed E-state index contributed by atoms with van der Waals surface area (Å²) in [5.74, 6) is 0.616. The number of aromatic nitrogens is 1. The molecule has 0 aliphatic rings. The first-order valence-electron chi connectivity index (χ1n) is 9.61. The van der Waals surface area contributed by atoms with Gasteiger partial charge in [-0.1, -0.05) is 18.2 Å². The highest BCUT2D eigenvalue weighted by atomic mass is 35.5. The van der Waals surface area contributed by atoms with Crippen LogP contribution in [0.25, 0.3) is 10.9 Å². The maximum absolute atomic E-state index is 12.9. The number of fused-ring (bicyclic) bond motifs is 1. The summed E-state index contributed by atoms with van der Waals surface area (Å²) in [7, 11) is 3.06. The number of ether oxygens (including phenoxy) is 2. The van der Waals surface area contributed by atoms with Gasteiger partial charge < -0.3 is 14.8 Å². The van der Waals surface area contributed by atoms with Crippen LogP contribution in [0.4, 0.5) is 5.69 Å². The summed E-state index contributed by atoms with van der Waals surface area (Å²) in [5.41, 5.74) is 2.89. The van der Waals surface area contributed by atoms with Crippen molar-refractivity contribution in [3.05, 3.63) is 95.7 Å². The fourth-order valence-corrected chi connectivity index (χ4v) is 3.23. The zero-order chi connectivity index (χ0) is 21.8. The highest BCUT2D eigenvalue weighted by Crippen LogP contribution is 2.24. The molecule has 0 saturated carbocycles. The number of nitrogens with zero attached hydrogens (tertiary/aromatic N) is 1. The SMILES string of the molecule is COc1cc(OC)cc(C(=O)c2ccc(C(=O)Nc3ccc4ncccc4c3)cc2)c1.Cl. The van der Waals surface area contributed by atoms with E-state index in [4.69, 9.17) is 9.47 Å². The molecule has 162 valence electrons. The summed E-state index contributed by atoms with van der Waals surface area (Å²) in [5, 5.41) is 3.82. The van der Waals surface area contributed by atoms with E-state index in [1.165, 1.54) is 14.2 Å². The van der Waals surface area contributed by atoms with E-state index in [9.17, 15) is 9.59 Å². The number of carbonyl (C=O) groups is 2. The van der Waals surface area contributed by atoms with E-state index in [1.54, 1.807) is 54.7 Å². The molecule has 1 aromatic heterocycles. The summed E-state index contributed by atoms with van der Waals surface area (Å²) >= 11 is 0. The highest BCUT2D eigenvalue weighted by molar-refractivity contribution is 6.10. The third-order valence-electron chi connectivity index (χ3n) is 4.88. The fraction of sp³-hybridized carbons (Fsp3) is 0.0800. The van der Waals surface area contributed by atoms with Gasteiger partial charge in [-0.15, -0.1) is 12.4 Å². The van der Waals surface area contributed by atoms with Gasteiger partial charge in [-0.3, -0.25) is 14.6 Å². The quantitative estimate of drug-likeness (QED) is 0.412. The zero-order valence-corrected chi connectivity index (χ0v) is 18.3. The molecule has 0 saturated heterocycles. The number of ketones is 1. The number of pyridine rings is 1. The molecule has 0 radical (unpaired) electrons. The smallest absolute Gasteiger partial charge is 0.255 e. The Balaban J connectivity index is 0.00000289. The molecule has 1 N–H and O–H groups in total. The number of hydrogen-bond donors (Lipinski definition) is 1. The van der Waals surface area contributed by atoms with Crippen LogP contribution in [0.2, 0.25) is 0 Å². The van der Waals surface area contributed by atoms with Gasteiger partial charge in [-0.05, 0) is 48.5 Å². The molecule has 1 amide bonds. The number of benzene rings is 3. The van der Waals surface area contributed by atoms with Crippen LogP contribution in [-0.4, -0.2) is 30.9 Å². The van der Waals surface area contributed by atoms with Crippen molar-refractivity contribution < 1.29 is 19.1 Å². The number of hydrogen-bond acceptors (Lipinski definition) is 5. The lowest BCUT2D eigenvalue weighted by atomic mass is 10.0. The molecule has 4 aromatic rings. The number of carbonyl (C=O) groups excluding carboxylic acids is 2. The molecule has 0 aliphatic heterocycles. The van der Waals surface area contributed by atoms with Crippen molar-refractivity contribution in [2.75, 3.05) is 19.5 Å². The largest absolute Gasteiger partial charge is 0.497 e. The Morgan fingerprint density at radius 3 is 2.09 bits per heavy atom. The summed E-state index contributed by atoms with van der Waals surface area (Å²) in [6, 6.07) is 20.8. The van der Waals surface area contributed by atoms with Gasteiger partial charge in [0.05, 0.1) is 19.7 Å². The molecule has 6 nitrogen and oxygen atoms in total. The summed E-state index contributed by atoms with van der Waals surface area (Å²) < 4.78 is 10.5. The summed E-state index contributed by atoms with van der Waals surface area (Å²) in [6.07, 6.45) is 1.73. The Morgan fingerprint density at radius 2 is 1.44 bits per heavy atom. The normalized spacial score (nSPS) is 10.2. The van der Waals surface area contributed by atoms with Crippen LogP contribution < -0.4 is 14.8 Å². The average Bonchev–Trinajstić information content (AvgIpc) is 2.83. The number of anilines is 1. The van der Waals surface area contributed by atoms with Gasteiger partial charge in [0.25, 0.3) is 5.91 Å². The molecular formula is C25H21ClN2O4. The van der Waals surface area contributed by atoms with Crippen LogP contribution in [0.5, 0.6) is 11.5 Å². The van der Waals surface area contributed by atoms with E-state index in [2.05, 4.69) is 10.3 Å². The minimum atomic E-state index is -0.259. The number of methoxy groups -OCH3 is 2. The van der Waals surface area contributed by atoms with Crippen molar-refractivity contribution in [3.63, 3.8) is 0 Å². The van der Waals surface area contributed by atoms with Crippen LogP contribution in [0, 0.1) is 0 Å². The summed E-state index contributed by atoms with van der Waals surface area (Å²) in [4.78, 5) is 29.8. The van der Waals surface area contributed by atoms with Crippen LogP contribution in [0.3, 0.4) is 0 Å². The predicted octanol–water partition coefficient (Wildman–Crippen LogP) is 5.16. The molecule has 1 heterocycles. The third kappa shape index (κ3) is 4.87. The van der Waals surface area contributed by atoms with E-state index < -0.39 is 0 Å². The Labute approximate surface area is 191 Å². The molecule has 4 rings (SSSR count). The Kier molecular flexibility index (Phi) is 7.07. The van der Waals surface area contributed by atoms with Crippen LogP contribution in [0.1, 0.15) is 26.3 Å². The van der Waals surface area contributed by atoms with Gasteiger partial charge in [0.15, 0.2) is 5.78 Å². The number of nitrogens with one attached hydrogen (secondary N) is 1.